The van der Waals surface area contributed by atoms with E-state index in [1.165, 1.54) is 38.6 Å². The molecular formula is C33H32O. The van der Waals surface area contributed by atoms with Gasteiger partial charge in [-0.15, -0.1) is 0 Å². The molecule has 5 aromatic rings. The maximum Gasteiger partial charge on any atom is 0.135 e. The van der Waals surface area contributed by atoms with E-state index in [2.05, 4.69) is 105 Å². The fourth-order valence-electron chi connectivity index (χ4n) is 4.42. The van der Waals surface area contributed by atoms with Crippen LogP contribution in [0.5, 0.6) is 0 Å². The molecule has 0 N–H and O–H groups in total. The van der Waals surface area contributed by atoms with E-state index >= 15 is 0 Å². The highest BCUT2D eigenvalue weighted by molar-refractivity contribution is 5.99. The Labute approximate surface area is 203 Å². The summed E-state index contributed by atoms with van der Waals surface area (Å²) in [5, 5.41) is 3.70. The molecule has 1 heterocycles. The van der Waals surface area contributed by atoms with Crippen molar-refractivity contribution >= 4 is 33.9 Å². The van der Waals surface area contributed by atoms with Gasteiger partial charge in [0.15, 0.2) is 0 Å². The van der Waals surface area contributed by atoms with Crippen LogP contribution in [0, 0.1) is 6.92 Å². The monoisotopic (exact) mass is 444 g/mol. The van der Waals surface area contributed by atoms with E-state index in [-0.39, 0.29) is 0 Å². The van der Waals surface area contributed by atoms with Crippen molar-refractivity contribution in [3.8, 4) is 22.3 Å². The molecule has 4 aromatic carbocycles. The standard InChI is InChI=1S/C31H26O.C2H6/c1-4-6-11-30-25(5-2)29-20-24(17-19-31(29)32-30)22-13-15-23(16-14-22)27-18-12-21(3)26-9-7-8-10-28(26)27;1-2/h5-20H,2,4H2,1,3H3;1-2H3/b11-6-;. The third-order valence-corrected chi connectivity index (χ3v) is 6.14. The molecule has 0 aliphatic heterocycles. The first-order valence-corrected chi connectivity index (χ1v) is 12.1. The van der Waals surface area contributed by atoms with E-state index in [1.54, 1.807) is 0 Å². The van der Waals surface area contributed by atoms with Gasteiger partial charge in [0.25, 0.3) is 0 Å². The van der Waals surface area contributed by atoms with Crippen molar-refractivity contribution in [1.29, 1.82) is 0 Å². The number of aryl methyl sites for hydroxylation is 1. The van der Waals surface area contributed by atoms with Crippen LogP contribution in [0.1, 0.15) is 44.1 Å². The molecule has 0 aliphatic rings. The summed E-state index contributed by atoms with van der Waals surface area (Å²) in [6.07, 6.45) is 7.01. The van der Waals surface area contributed by atoms with E-state index in [4.69, 9.17) is 4.42 Å². The molecule has 0 radical (unpaired) electrons. The summed E-state index contributed by atoms with van der Waals surface area (Å²) in [6.45, 7) is 12.3. The molecule has 1 nitrogen and oxygen atoms in total. The molecular weight excluding hydrogens is 412 g/mol. The molecule has 34 heavy (non-hydrogen) atoms. The Kier molecular flexibility index (Phi) is 7.13. The van der Waals surface area contributed by atoms with Crippen molar-refractivity contribution < 1.29 is 4.42 Å². The van der Waals surface area contributed by atoms with Gasteiger partial charge in [-0.05, 0) is 70.1 Å². The fraction of sp³-hybridized carbons (Fsp3) is 0.152. The minimum Gasteiger partial charge on any atom is -0.456 e. The lowest BCUT2D eigenvalue weighted by Crippen LogP contribution is -1.85. The van der Waals surface area contributed by atoms with Gasteiger partial charge >= 0.3 is 0 Å². The van der Waals surface area contributed by atoms with Gasteiger partial charge in [-0.1, -0.05) is 106 Å². The Morgan fingerprint density at radius 1 is 0.765 bits per heavy atom. The van der Waals surface area contributed by atoms with Crippen LogP contribution in [0.15, 0.2) is 95.9 Å². The molecule has 0 saturated heterocycles. The second kappa shape index (κ2) is 10.4. The lowest BCUT2D eigenvalue weighted by molar-refractivity contribution is 0.603. The van der Waals surface area contributed by atoms with Gasteiger partial charge in [0.05, 0.1) is 0 Å². The molecule has 0 bridgehead atoms. The normalized spacial score (nSPS) is 11.1. The summed E-state index contributed by atoms with van der Waals surface area (Å²) in [6, 6.07) is 28.3. The van der Waals surface area contributed by atoms with Crippen LogP contribution in [0.4, 0.5) is 0 Å². The molecule has 0 amide bonds. The SMILES string of the molecule is C=Cc1c(/C=C\CC)oc2ccc(-c3ccc(-c4ccc(C)c5ccccc45)cc3)cc12.CC. The smallest absolute Gasteiger partial charge is 0.135 e. The van der Waals surface area contributed by atoms with E-state index in [0.29, 0.717) is 0 Å². The topological polar surface area (TPSA) is 13.1 Å². The first-order valence-electron chi connectivity index (χ1n) is 12.1. The van der Waals surface area contributed by atoms with Gasteiger partial charge in [-0.3, -0.25) is 0 Å². The van der Waals surface area contributed by atoms with Crippen LogP contribution in [0.2, 0.25) is 0 Å². The third kappa shape index (κ3) is 4.34. The van der Waals surface area contributed by atoms with Crippen LogP contribution in [-0.2, 0) is 0 Å². The third-order valence-electron chi connectivity index (χ3n) is 6.14. The number of benzene rings is 4. The summed E-state index contributed by atoms with van der Waals surface area (Å²) in [5.41, 5.74) is 8.11. The molecule has 0 aliphatic carbocycles. The van der Waals surface area contributed by atoms with Crippen LogP contribution in [0.3, 0.4) is 0 Å². The zero-order chi connectivity index (χ0) is 24.1. The Morgan fingerprint density at radius 2 is 1.44 bits per heavy atom. The molecule has 5 rings (SSSR count). The van der Waals surface area contributed by atoms with Crippen molar-refractivity contribution in [2.45, 2.75) is 34.1 Å². The van der Waals surface area contributed by atoms with Gasteiger partial charge in [0.1, 0.15) is 11.3 Å². The van der Waals surface area contributed by atoms with E-state index in [0.717, 1.165) is 28.7 Å². The Hall–Kier alpha value is -3.84. The van der Waals surface area contributed by atoms with E-state index in [1.807, 2.05) is 26.0 Å². The number of hydrogen-bond acceptors (Lipinski definition) is 1. The second-order valence-electron chi connectivity index (χ2n) is 8.16. The van der Waals surface area contributed by atoms with Crippen molar-refractivity contribution in [1.82, 2.24) is 0 Å². The first-order chi connectivity index (χ1) is 16.7. The Bertz CT molecular complexity index is 1460. The molecule has 1 aromatic heterocycles. The summed E-state index contributed by atoms with van der Waals surface area (Å²) < 4.78 is 6.05. The summed E-state index contributed by atoms with van der Waals surface area (Å²) in [7, 11) is 0. The first kappa shape index (κ1) is 23.3. The number of rotatable bonds is 5. The van der Waals surface area contributed by atoms with Crippen molar-refractivity contribution in [2.24, 2.45) is 0 Å². The molecule has 1 heteroatoms. The Balaban J connectivity index is 0.00000133. The minimum atomic E-state index is 0.871. The molecule has 0 saturated carbocycles. The minimum absolute atomic E-state index is 0.871. The number of fused-ring (bicyclic) bond motifs is 2. The van der Waals surface area contributed by atoms with Gasteiger partial charge in [-0.2, -0.15) is 0 Å². The van der Waals surface area contributed by atoms with Crippen molar-refractivity contribution in [2.75, 3.05) is 0 Å². The number of allylic oxidation sites excluding steroid dienone is 1. The number of furan rings is 1. The lowest BCUT2D eigenvalue weighted by atomic mass is 9.94. The Morgan fingerprint density at radius 3 is 2.15 bits per heavy atom. The van der Waals surface area contributed by atoms with Crippen molar-refractivity contribution in [3.63, 3.8) is 0 Å². The van der Waals surface area contributed by atoms with Gasteiger partial charge in [0, 0.05) is 10.9 Å². The highest BCUT2D eigenvalue weighted by atomic mass is 16.3. The lowest BCUT2D eigenvalue weighted by Gasteiger charge is -2.10. The van der Waals surface area contributed by atoms with Crippen LogP contribution >= 0.6 is 0 Å². The molecule has 0 unspecified atom stereocenters. The van der Waals surface area contributed by atoms with Gasteiger partial charge < -0.3 is 4.42 Å². The maximum atomic E-state index is 6.05. The second-order valence-corrected chi connectivity index (χ2v) is 8.16. The zero-order valence-corrected chi connectivity index (χ0v) is 20.6. The molecule has 0 atom stereocenters. The largest absolute Gasteiger partial charge is 0.456 e. The summed E-state index contributed by atoms with van der Waals surface area (Å²) >= 11 is 0. The fourth-order valence-corrected chi connectivity index (χ4v) is 4.42. The molecule has 0 fully saturated rings. The summed E-state index contributed by atoms with van der Waals surface area (Å²) in [4.78, 5) is 0. The maximum absolute atomic E-state index is 6.05. The van der Waals surface area contributed by atoms with E-state index < -0.39 is 0 Å². The summed E-state index contributed by atoms with van der Waals surface area (Å²) in [5.74, 6) is 0.871. The predicted molar refractivity (Wildman–Crippen MR) is 150 cm³/mol. The van der Waals surface area contributed by atoms with Gasteiger partial charge in [-0.25, -0.2) is 0 Å². The van der Waals surface area contributed by atoms with Crippen LogP contribution in [0.25, 0.3) is 56.1 Å². The number of hydrogen-bond donors (Lipinski definition) is 0. The van der Waals surface area contributed by atoms with Crippen LogP contribution in [-0.4, -0.2) is 0 Å². The van der Waals surface area contributed by atoms with Gasteiger partial charge in [0.2, 0.25) is 0 Å². The highest BCUT2D eigenvalue weighted by Crippen LogP contribution is 2.34. The molecule has 0 spiro atoms. The van der Waals surface area contributed by atoms with Crippen molar-refractivity contribution in [3.05, 3.63) is 108 Å². The average Bonchev–Trinajstić information content (AvgIpc) is 3.26. The quantitative estimate of drug-likeness (QED) is 0.263. The average molecular weight is 445 g/mol. The predicted octanol–water partition coefficient (Wildman–Crippen LogP) is 10.3. The zero-order valence-electron chi connectivity index (χ0n) is 20.6. The molecule has 170 valence electrons. The highest BCUT2D eigenvalue weighted by Gasteiger charge is 2.11. The van der Waals surface area contributed by atoms with Crippen LogP contribution < -0.4 is 0 Å². The van der Waals surface area contributed by atoms with E-state index in [9.17, 15) is 0 Å².